The van der Waals surface area contributed by atoms with E-state index in [1.54, 1.807) is 18.7 Å². The van der Waals surface area contributed by atoms with Crippen LogP contribution in [-0.4, -0.2) is 49.1 Å². The van der Waals surface area contributed by atoms with Gasteiger partial charge >= 0.3 is 5.97 Å². The van der Waals surface area contributed by atoms with Crippen LogP contribution in [0.25, 0.3) is 22.5 Å². The van der Waals surface area contributed by atoms with Crippen LogP contribution in [0.2, 0.25) is 0 Å². The van der Waals surface area contributed by atoms with Crippen molar-refractivity contribution >= 4 is 11.9 Å². The second kappa shape index (κ2) is 10.2. The van der Waals surface area contributed by atoms with Gasteiger partial charge in [-0.15, -0.1) is 10.2 Å². The fraction of sp³-hybridized carbons (Fsp3) is 0.375. The number of amides is 1. The van der Waals surface area contributed by atoms with Crippen molar-refractivity contribution in [3.05, 3.63) is 54.1 Å². The van der Waals surface area contributed by atoms with Crippen molar-refractivity contribution in [1.82, 2.24) is 25.5 Å². The van der Waals surface area contributed by atoms with Crippen LogP contribution < -0.4 is 0 Å². The molecular weight excluding hydrogens is 406 g/mol. The van der Waals surface area contributed by atoms with Crippen molar-refractivity contribution in [2.75, 3.05) is 6.54 Å². The van der Waals surface area contributed by atoms with Crippen LogP contribution in [0.1, 0.15) is 45.6 Å². The number of rotatable bonds is 10. The number of benzene rings is 2. The number of carbonyl (C=O) groups is 2. The van der Waals surface area contributed by atoms with E-state index in [1.165, 1.54) is 0 Å². The number of tetrazole rings is 1. The number of unbranched alkanes of at least 4 members (excludes halogenated alkanes) is 1. The number of H-pyrrole nitrogens is 1. The van der Waals surface area contributed by atoms with Gasteiger partial charge in [-0.3, -0.25) is 9.59 Å². The van der Waals surface area contributed by atoms with E-state index >= 15 is 0 Å². The van der Waals surface area contributed by atoms with Crippen molar-refractivity contribution in [3.63, 3.8) is 0 Å². The molecule has 0 aliphatic heterocycles. The molecule has 1 heterocycles. The Balaban J connectivity index is 1.82. The van der Waals surface area contributed by atoms with Crippen LogP contribution in [0, 0.1) is 5.41 Å². The van der Waals surface area contributed by atoms with Crippen molar-refractivity contribution in [2.45, 2.75) is 46.6 Å². The Morgan fingerprint density at radius 1 is 1.06 bits per heavy atom. The number of carboxylic acid groups (broad SMARTS) is 1. The molecule has 3 aromatic rings. The minimum atomic E-state index is -1.02. The summed E-state index contributed by atoms with van der Waals surface area (Å²) in [5, 5.41) is 23.8. The van der Waals surface area contributed by atoms with E-state index in [0.717, 1.165) is 35.1 Å². The normalized spacial score (nSPS) is 11.3. The largest absolute Gasteiger partial charge is 0.481 e. The average Bonchev–Trinajstić information content (AvgIpc) is 3.32. The molecule has 0 fully saturated rings. The lowest BCUT2D eigenvalue weighted by Crippen LogP contribution is -2.42. The molecular formula is C24H29N5O3. The first-order chi connectivity index (χ1) is 15.3. The highest BCUT2D eigenvalue weighted by Crippen LogP contribution is 2.30. The molecule has 0 unspecified atom stereocenters. The number of aliphatic carboxylic acids is 1. The fourth-order valence-electron chi connectivity index (χ4n) is 3.48. The Morgan fingerprint density at radius 3 is 2.34 bits per heavy atom. The summed E-state index contributed by atoms with van der Waals surface area (Å²) >= 11 is 0. The minimum absolute atomic E-state index is 0.0206. The second-order valence-electron chi connectivity index (χ2n) is 8.52. The number of hydrogen-bond acceptors (Lipinski definition) is 5. The highest BCUT2D eigenvalue weighted by Gasteiger charge is 2.31. The lowest BCUT2D eigenvalue weighted by atomic mass is 9.92. The topological polar surface area (TPSA) is 112 Å². The molecule has 2 N–H and O–H groups in total. The van der Waals surface area contributed by atoms with Crippen molar-refractivity contribution in [3.8, 4) is 22.5 Å². The van der Waals surface area contributed by atoms with Gasteiger partial charge in [0.05, 0.1) is 5.41 Å². The summed E-state index contributed by atoms with van der Waals surface area (Å²) in [4.78, 5) is 26.1. The van der Waals surface area contributed by atoms with Crippen molar-refractivity contribution < 1.29 is 14.7 Å². The minimum Gasteiger partial charge on any atom is -0.481 e. The molecule has 2 aromatic carbocycles. The summed E-state index contributed by atoms with van der Waals surface area (Å²) in [7, 11) is 0. The number of aromatic amines is 1. The third-order valence-corrected chi connectivity index (χ3v) is 5.41. The van der Waals surface area contributed by atoms with Gasteiger partial charge in [0.25, 0.3) is 0 Å². The first kappa shape index (κ1) is 23.1. The lowest BCUT2D eigenvalue weighted by molar-refractivity contribution is -0.149. The van der Waals surface area contributed by atoms with Gasteiger partial charge in [-0.05, 0) is 42.2 Å². The number of nitrogens with one attached hydrogen (secondary N) is 1. The van der Waals surface area contributed by atoms with Crippen LogP contribution >= 0.6 is 0 Å². The Bertz CT molecular complexity index is 1050. The first-order valence-electron chi connectivity index (χ1n) is 10.7. The molecule has 0 spiro atoms. The Morgan fingerprint density at radius 2 is 1.75 bits per heavy atom. The predicted octanol–water partition coefficient (Wildman–Crippen LogP) is 4.16. The molecule has 0 saturated heterocycles. The Labute approximate surface area is 187 Å². The van der Waals surface area contributed by atoms with Gasteiger partial charge in [-0.25, -0.2) is 0 Å². The van der Waals surface area contributed by atoms with Crippen LogP contribution in [0.3, 0.4) is 0 Å². The third kappa shape index (κ3) is 5.57. The van der Waals surface area contributed by atoms with E-state index in [4.69, 9.17) is 0 Å². The quantitative estimate of drug-likeness (QED) is 0.494. The summed E-state index contributed by atoms with van der Waals surface area (Å²) < 4.78 is 0. The monoisotopic (exact) mass is 435 g/mol. The SMILES string of the molecule is CCCCC(=O)N(Cc1ccc(-c2ccccc2-c2nn[nH]n2)cc1)CC(C)(C)C(=O)O. The number of aromatic nitrogens is 4. The van der Waals surface area contributed by atoms with E-state index in [9.17, 15) is 14.7 Å². The Hall–Kier alpha value is -3.55. The molecule has 0 aliphatic carbocycles. The number of hydrogen-bond donors (Lipinski definition) is 2. The highest BCUT2D eigenvalue weighted by molar-refractivity contribution is 5.81. The zero-order valence-corrected chi connectivity index (χ0v) is 18.7. The maximum absolute atomic E-state index is 12.8. The Kier molecular flexibility index (Phi) is 7.35. The molecule has 1 amide bonds. The number of carbonyl (C=O) groups excluding carboxylic acids is 1. The van der Waals surface area contributed by atoms with E-state index in [0.29, 0.717) is 18.8 Å². The van der Waals surface area contributed by atoms with Gasteiger partial charge in [0.1, 0.15) is 0 Å². The maximum atomic E-state index is 12.8. The van der Waals surface area contributed by atoms with Crippen LogP contribution in [0.15, 0.2) is 48.5 Å². The van der Waals surface area contributed by atoms with E-state index in [1.807, 2.05) is 55.5 Å². The van der Waals surface area contributed by atoms with E-state index in [-0.39, 0.29) is 12.5 Å². The predicted molar refractivity (Wildman–Crippen MR) is 121 cm³/mol. The molecule has 0 radical (unpaired) electrons. The average molecular weight is 436 g/mol. The molecule has 0 saturated carbocycles. The van der Waals surface area contributed by atoms with Crippen LogP contribution in [0.5, 0.6) is 0 Å². The standard InChI is InChI=1S/C24H29N5O3/c1-4-5-10-21(30)29(16-24(2,3)23(31)32)15-17-11-13-18(14-12-17)19-8-6-7-9-20(19)22-25-27-28-26-22/h6-9,11-14H,4-5,10,15-16H2,1-3H3,(H,31,32)(H,25,26,27,28). The summed E-state index contributed by atoms with van der Waals surface area (Å²) in [5.41, 5.74) is 2.75. The van der Waals surface area contributed by atoms with E-state index in [2.05, 4.69) is 20.6 Å². The molecule has 0 aliphatic rings. The summed E-state index contributed by atoms with van der Waals surface area (Å²) in [5.74, 6) is -0.416. The molecule has 8 nitrogen and oxygen atoms in total. The van der Waals surface area contributed by atoms with E-state index < -0.39 is 11.4 Å². The summed E-state index contributed by atoms with van der Waals surface area (Å²) in [6, 6.07) is 15.7. The van der Waals surface area contributed by atoms with Gasteiger partial charge in [-0.1, -0.05) is 61.9 Å². The van der Waals surface area contributed by atoms with Crippen LogP contribution in [-0.2, 0) is 16.1 Å². The van der Waals surface area contributed by atoms with Gasteiger partial charge in [0.15, 0.2) is 0 Å². The molecule has 0 atom stereocenters. The molecule has 8 heteroatoms. The molecule has 168 valence electrons. The lowest BCUT2D eigenvalue weighted by Gasteiger charge is -2.30. The first-order valence-corrected chi connectivity index (χ1v) is 10.7. The fourth-order valence-corrected chi connectivity index (χ4v) is 3.48. The molecule has 32 heavy (non-hydrogen) atoms. The number of nitrogens with zero attached hydrogens (tertiary/aromatic N) is 4. The number of carboxylic acids is 1. The zero-order chi connectivity index (χ0) is 23.1. The van der Waals surface area contributed by atoms with Crippen molar-refractivity contribution in [2.24, 2.45) is 5.41 Å². The van der Waals surface area contributed by atoms with Crippen LogP contribution in [0.4, 0.5) is 0 Å². The third-order valence-electron chi connectivity index (χ3n) is 5.41. The van der Waals surface area contributed by atoms with Gasteiger partial charge in [-0.2, -0.15) is 5.21 Å². The summed E-state index contributed by atoms with van der Waals surface area (Å²) in [6.45, 7) is 5.85. The van der Waals surface area contributed by atoms with Gasteiger partial charge < -0.3 is 10.0 Å². The molecule has 0 bridgehead atoms. The maximum Gasteiger partial charge on any atom is 0.310 e. The van der Waals surface area contributed by atoms with Gasteiger partial charge in [0, 0.05) is 25.1 Å². The van der Waals surface area contributed by atoms with Gasteiger partial charge in [0.2, 0.25) is 11.7 Å². The molecule has 1 aromatic heterocycles. The smallest absolute Gasteiger partial charge is 0.310 e. The highest BCUT2D eigenvalue weighted by atomic mass is 16.4. The summed E-state index contributed by atoms with van der Waals surface area (Å²) in [6.07, 6.45) is 2.12. The second-order valence-corrected chi connectivity index (χ2v) is 8.52. The zero-order valence-electron chi connectivity index (χ0n) is 18.7. The van der Waals surface area contributed by atoms with Crippen molar-refractivity contribution in [1.29, 1.82) is 0 Å². The molecule has 3 rings (SSSR count).